The molecule has 1 N–H and O–H groups in total. The van der Waals surface area contributed by atoms with E-state index in [-0.39, 0.29) is 5.91 Å². The number of anilines is 1. The number of nitrogens with zero attached hydrogens (tertiary/aromatic N) is 2. The lowest BCUT2D eigenvalue weighted by molar-refractivity contribution is -0.115. The number of carbonyl (C=O) groups is 1. The molecule has 0 aliphatic rings. The molecule has 0 aliphatic heterocycles. The smallest absolute Gasteiger partial charge is 0.228 e. The molecule has 1 aromatic heterocycles. The van der Waals surface area contributed by atoms with Gasteiger partial charge in [0, 0.05) is 10.7 Å². The Hall–Kier alpha value is -2.24. The van der Waals surface area contributed by atoms with Gasteiger partial charge in [-0.2, -0.15) is 0 Å². The number of hydrogen-bond donors (Lipinski definition) is 1. The van der Waals surface area contributed by atoms with Gasteiger partial charge in [-0.3, -0.25) is 4.79 Å². The second-order valence-corrected chi connectivity index (χ2v) is 5.93. The summed E-state index contributed by atoms with van der Waals surface area (Å²) in [5, 5.41) is 7.35. The van der Waals surface area contributed by atoms with Crippen LogP contribution in [0.15, 0.2) is 54.7 Å². The van der Waals surface area contributed by atoms with Crippen molar-refractivity contribution >= 4 is 34.7 Å². The fourth-order valence-corrected chi connectivity index (χ4v) is 2.65. The van der Waals surface area contributed by atoms with E-state index in [1.807, 2.05) is 36.4 Å². The molecule has 22 heavy (non-hydrogen) atoms. The highest BCUT2D eigenvalue weighted by Crippen LogP contribution is 2.23. The summed E-state index contributed by atoms with van der Waals surface area (Å²) in [5.74, 6) is -0.0606. The Balaban J connectivity index is 1.63. The third kappa shape index (κ3) is 3.69. The van der Waals surface area contributed by atoms with Crippen molar-refractivity contribution in [3.63, 3.8) is 0 Å². The summed E-state index contributed by atoms with van der Waals surface area (Å²) in [6, 6.07) is 14.9. The largest absolute Gasteiger partial charge is 0.326 e. The highest BCUT2D eigenvalue weighted by atomic mass is 35.5. The first-order valence-electron chi connectivity index (χ1n) is 6.63. The molecule has 0 saturated carbocycles. The van der Waals surface area contributed by atoms with Gasteiger partial charge in [0.25, 0.3) is 0 Å². The van der Waals surface area contributed by atoms with Crippen molar-refractivity contribution in [1.29, 1.82) is 0 Å². The van der Waals surface area contributed by atoms with Gasteiger partial charge in [0.1, 0.15) is 0 Å². The van der Waals surface area contributed by atoms with E-state index in [9.17, 15) is 4.79 Å². The molecule has 0 bridgehead atoms. The molecule has 110 valence electrons. The maximum absolute atomic E-state index is 12.0. The molecule has 3 rings (SSSR count). The van der Waals surface area contributed by atoms with Crippen LogP contribution >= 0.6 is 23.1 Å². The fourth-order valence-electron chi connectivity index (χ4n) is 2.01. The predicted octanol–water partition coefficient (Wildman–Crippen LogP) is 4.04. The molecule has 0 unspecified atom stereocenters. The summed E-state index contributed by atoms with van der Waals surface area (Å²) in [4.78, 5) is 13.0. The summed E-state index contributed by atoms with van der Waals surface area (Å²) < 4.78 is 3.83. The Morgan fingerprint density at radius 3 is 2.45 bits per heavy atom. The lowest BCUT2D eigenvalue weighted by Gasteiger charge is -2.06. The van der Waals surface area contributed by atoms with Gasteiger partial charge in [0.05, 0.1) is 17.5 Å². The number of amides is 1. The number of benzene rings is 2. The van der Waals surface area contributed by atoms with Crippen LogP contribution in [0.4, 0.5) is 5.69 Å². The van der Waals surface area contributed by atoms with Gasteiger partial charge < -0.3 is 5.32 Å². The standard InChI is InChI=1S/C16H12ClN3OS/c17-13-5-1-11(2-6-13)9-16(21)19-14-7-3-12(4-8-14)15-10-18-20-22-15/h1-8,10H,9H2,(H,19,21). The third-order valence-electron chi connectivity index (χ3n) is 3.09. The van der Waals surface area contributed by atoms with Crippen molar-refractivity contribution in [3.05, 3.63) is 65.3 Å². The average molecular weight is 330 g/mol. The van der Waals surface area contributed by atoms with Crippen molar-refractivity contribution < 1.29 is 4.79 Å². The Morgan fingerprint density at radius 2 is 1.82 bits per heavy atom. The summed E-state index contributed by atoms with van der Waals surface area (Å²) in [7, 11) is 0. The molecule has 1 amide bonds. The summed E-state index contributed by atoms with van der Waals surface area (Å²) in [6.07, 6.45) is 2.04. The van der Waals surface area contributed by atoms with E-state index < -0.39 is 0 Å². The van der Waals surface area contributed by atoms with E-state index in [2.05, 4.69) is 14.9 Å². The van der Waals surface area contributed by atoms with E-state index >= 15 is 0 Å². The number of nitrogens with one attached hydrogen (secondary N) is 1. The maximum Gasteiger partial charge on any atom is 0.228 e. The van der Waals surface area contributed by atoms with Crippen LogP contribution in [0.3, 0.4) is 0 Å². The van der Waals surface area contributed by atoms with Crippen molar-refractivity contribution in [2.24, 2.45) is 0 Å². The second kappa shape index (κ2) is 6.68. The Morgan fingerprint density at radius 1 is 1.09 bits per heavy atom. The minimum atomic E-state index is -0.0606. The number of rotatable bonds is 4. The Kier molecular flexibility index (Phi) is 4.46. The zero-order chi connectivity index (χ0) is 15.4. The monoisotopic (exact) mass is 329 g/mol. The Labute approximate surface area is 136 Å². The highest BCUT2D eigenvalue weighted by Gasteiger charge is 2.05. The third-order valence-corrected chi connectivity index (χ3v) is 4.06. The average Bonchev–Trinajstić information content (AvgIpc) is 3.05. The van der Waals surface area contributed by atoms with Crippen LogP contribution in [0.5, 0.6) is 0 Å². The first-order valence-corrected chi connectivity index (χ1v) is 7.78. The van der Waals surface area contributed by atoms with Gasteiger partial charge >= 0.3 is 0 Å². The summed E-state index contributed by atoms with van der Waals surface area (Å²) in [6.45, 7) is 0. The van der Waals surface area contributed by atoms with E-state index in [0.29, 0.717) is 11.4 Å². The molecule has 0 atom stereocenters. The van der Waals surface area contributed by atoms with E-state index in [1.165, 1.54) is 11.5 Å². The molecular formula is C16H12ClN3OS. The van der Waals surface area contributed by atoms with Gasteiger partial charge in [-0.1, -0.05) is 40.4 Å². The predicted molar refractivity (Wildman–Crippen MR) is 89.1 cm³/mol. The molecule has 3 aromatic rings. The van der Waals surface area contributed by atoms with Crippen LogP contribution in [0.25, 0.3) is 10.4 Å². The molecule has 0 aliphatic carbocycles. The molecule has 6 heteroatoms. The van der Waals surface area contributed by atoms with Gasteiger partial charge in [-0.15, -0.1) is 5.10 Å². The zero-order valence-corrected chi connectivity index (χ0v) is 13.1. The molecule has 0 spiro atoms. The lowest BCUT2D eigenvalue weighted by atomic mass is 10.1. The zero-order valence-electron chi connectivity index (χ0n) is 11.5. The number of aromatic nitrogens is 2. The van der Waals surface area contributed by atoms with Crippen LogP contribution in [-0.4, -0.2) is 15.5 Å². The van der Waals surface area contributed by atoms with E-state index in [0.717, 1.165) is 21.7 Å². The first kappa shape index (κ1) is 14.7. The summed E-state index contributed by atoms with van der Waals surface area (Å²) in [5.41, 5.74) is 2.72. The topological polar surface area (TPSA) is 54.9 Å². The summed E-state index contributed by atoms with van der Waals surface area (Å²) >= 11 is 7.17. The van der Waals surface area contributed by atoms with Crippen molar-refractivity contribution in [2.45, 2.75) is 6.42 Å². The molecule has 2 aromatic carbocycles. The molecule has 0 fully saturated rings. The minimum absolute atomic E-state index is 0.0606. The van der Waals surface area contributed by atoms with Crippen molar-refractivity contribution in [1.82, 2.24) is 9.59 Å². The normalized spacial score (nSPS) is 10.4. The fraction of sp³-hybridized carbons (Fsp3) is 0.0625. The van der Waals surface area contributed by atoms with Crippen LogP contribution in [0.1, 0.15) is 5.56 Å². The van der Waals surface area contributed by atoms with Crippen LogP contribution in [0, 0.1) is 0 Å². The van der Waals surface area contributed by atoms with Crippen LogP contribution in [-0.2, 0) is 11.2 Å². The quantitative estimate of drug-likeness (QED) is 0.786. The maximum atomic E-state index is 12.0. The molecule has 0 radical (unpaired) electrons. The highest BCUT2D eigenvalue weighted by molar-refractivity contribution is 7.09. The molecule has 1 heterocycles. The van der Waals surface area contributed by atoms with Gasteiger partial charge in [0.15, 0.2) is 0 Å². The first-order chi connectivity index (χ1) is 10.7. The SMILES string of the molecule is O=C(Cc1ccc(Cl)cc1)Nc1ccc(-c2cnns2)cc1. The molecule has 0 saturated heterocycles. The van der Waals surface area contributed by atoms with E-state index in [1.54, 1.807) is 18.3 Å². The Bertz CT molecular complexity index is 755. The van der Waals surface area contributed by atoms with Crippen molar-refractivity contribution in [2.75, 3.05) is 5.32 Å². The van der Waals surface area contributed by atoms with Crippen LogP contribution < -0.4 is 5.32 Å². The molecular weight excluding hydrogens is 318 g/mol. The number of halogens is 1. The number of hydrogen-bond acceptors (Lipinski definition) is 4. The van der Waals surface area contributed by atoms with E-state index in [4.69, 9.17) is 11.6 Å². The van der Waals surface area contributed by atoms with Crippen molar-refractivity contribution in [3.8, 4) is 10.4 Å². The van der Waals surface area contributed by atoms with Gasteiger partial charge in [0.2, 0.25) is 5.91 Å². The second-order valence-electron chi connectivity index (χ2n) is 4.71. The lowest BCUT2D eigenvalue weighted by Crippen LogP contribution is -2.14. The minimum Gasteiger partial charge on any atom is -0.326 e. The van der Waals surface area contributed by atoms with Gasteiger partial charge in [-0.05, 0) is 46.9 Å². The molecule has 4 nitrogen and oxygen atoms in total. The number of carbonyl (C=O) groups excluding carboxylic acids is 1. The van der Waals surface area contributed by atoms with Gasteiger partial charge in [-0.25, -0.2) is 0 Å². The van der Waals surface area contributed by atoms with Crippen LogP contribution in [0.2, 0.25) is 5.02 Å².